The van der Waals surface area contributed by atoms with Crippen molar-refractivity contribution in [2.24, 2.45) is 0 Å². The molecular weight excluding hydrogens is 214 g/mol. The zero-order valence-corrected chi connectivity index (χ0v) is 8.89. The number of piperazine rings is 1. The Kier molecular flexibility index (Phi) is 3.44. The highest BCUT2D eigenvalue weighted by Crippen LogP contribution is 2.20. The second-order valence-corrected chi connectivity index (χ2v) is 5.30. The molecule has 84 valence electrons. The highest BCUT2D eigenvalue weighted by Gasteiger charge is 2.40. The first kappa shape index (κ1) is 11.8. The van der Waals surface area contributed by atoms with E-state index < -0.39 is 27.9 Å². The van der Waals surface area contributed by atoms with Crippen molar-refractivity contribution in [1.29, 1.82) is 0 Å². The summed E-state index contributed by atoms with van der Waals surface area (Å²) in [5, 5.41) is 2.97. The number of nitrogens with zero attached hydrogens (tertiary/aromatic N) is 1. The molecule has 1 N–H and O–H groups in total. The zero-order valence-electron chi connectivity index (χ0n) is 8.07. The molecule has 0 amide bonds. The van der Waals surface area contributed by atoms with E-state index in [-0.39, 0.29) is 0 Å². The van der Waals surface area contributed by atoms with Crippen LogP contribution < -0.4 is 5.32 Å². The Morgan fingerprint density at radius 2 is 1.71 bits per heavy atom. The van der Waals surface area contributed by atoms with Crippen LogP contribution in [-0.4, -0.2) is 43.7 Å². The van der Waals surface area contributed by atoms with Gasteiger partial charge in [0.05, 0.1) is 0 Å². The van der Waals surface area contributed by atoms with Gasteiger partial charge in [0.2, 0.25) is 0 Å². The maximum atomic E-state index is 12.3. The average molecular weight is 228 g/mol. The standard InChI is InChI=1S/C7H14F2N2O2S/c1-5-3-10-4-6(2)11(5)14(12,13)7(8)9/h5-7,10H,3-4H2,1-2H3. The van der Waals surface area contributed by atoms with Gasteiger partial charge >= 0.3 is 5.76 Å². The van der Waals surface area contributed by atoms with Crippen LogP contribution in [-0.2, 0) is 10.0 Å². The lowest BCUT2D eigenvalue weighted by Gasteiger charge is -2.37. The minimum atomic E-state index is -4.44. The van der Waals surface area contributed by atoms with Crippen LogP contribution in [0.5, 0.6) is 0 Å². The van der Waals surface area contributed by atoms with E-state index in [4.69, 9.17) is 0 Å². The van der Waals surface area contributed by atoms with Crippen molar-refractivity contribution in [3.05, 3.63) is 0 Å². The van der Waals surface area contributed by atoms with Crippen molar-refractivity contribution in [3.63, 3.8) is 0 Å². The number of rotatable bonds is 2. The summed E-state index contributed by atoms with van der Waals surface area (Å²) in [7, 11) is -4.44. The quantitative estimate of drug-likeness (QED) is 0.735. The molecule has 1 aliphatic heterocycles. The van der Waals surface area contributed by atoms with E-state index in [1.54, 1.807) is 13.8 Å². The third-order valence-electron chi connectivity index (χ3n) is 2.27. The summed E-state index contributed by atoms with van der Waals surface area (Å²) in [6.45, 7) is 4.05. The van der Waals surface area contributed by atoms with Gasteiger partial charge in [-0.05, 0) is 13.8 Å². The molecule has 1 fully saturated rings. The van der Waals surface area contributed by atoms with Crippen molar-refractivity contribution in [3.8, 4) is 0 Å². The van der Waals surface area contributed by atoms with E-state index in [9.17, 15) is 17.2 Å². The third kappa shape index (κ3) is 2.04. The van der Waals surface area contributed by atoms with Crippen LogP contribution in [0.15, 0.2) is 0 Å². The van der Waals surface area contributed by atoms with Crippen LogP contribution in [0.1, 0.15) is 13.8 Å². The van der Waals surface area contributed by atoms with E-state index in [2.05, 4.69) is 5.32 Å². The van der Waals surface area contributed by atoms with Gasteiger partial charge in [0.15, 0.2) is 0 Å². The van der Waals surface area contributed by atoms with Crippen LogP contribution in [0, 0.1) is 0 Å². The number of sulfonamides is 1. The third-order valence-corrected chi connectivity index (χ3v) is 4.03. The first-order chi connectivity index (χ1) is 6.37. The molecule has 0 bridgehead atoms. The zero-order chi connectivity index (χ0) is 10.9. The highest BCUT2D eigenvalue weighted by molar-refractivity contribution is 7.89. The van der Waals surface area contributed by atoms with Gasteiger partial charge in [0.1, 0.15) is 0 Å². The van der Waals surface area contributed by atoms with Gasteiger partial charge in [-0.1, -0.05) is 0 Å². The molecule has 1 saturated heterocycles. The van der Waals surface area contributed by atoms with E-state index in [0.29, 0.717) is 13.1 Å². The maximum absolute atomic E-state index is 12.3. The van der Waals surface area contributed by atoms with E-state index in [1.165, 1.54) is 0 Å². The molecule has 14 heavy (non-hydrogen) atoms. The molecule has 1 aliphatic rings. The molecule has 0 aliphatic carbocycles. The van der Waals surface area contributed by atoms with Crippen LogP contribution in [0.3, 0.4) is 0 Å². The summed E-state index contributed by atoms with van der Waals surface area (Å²) < 4.78 is 48.0. The molecule has 1 heterocycles. The minimum Gasteiger partial charge on any atom is -0.314 e. The first-order valence-electron chi connectivity index (χ1n) is 4.38. The van der Waals surface area contributed by atoms with Gasteiger partial charge in [-0.25, -0.2) is 8.42 Å². The molecule has 2 unspecified atom stereocenters. The minimum absolute atomic E-state index is 0.413. The molecule has 2 atom stereocenters. The Hall–Kier alpha value is -0.270. The molecular formula is C7H14F2N2O2S. The normalized spacial score (nSPS) is 30.9. The molecule has 0 saturated carbocycles. The monoisotopic (exact) mass is 228 g/mol. The SMILES string of the molecule is CC1CNCC(C)N1S(=O)(=O)C(F)F. The summed E-state index contributed by atoms with van der Waals surface area (Å²) in [6, 6.07) is -0.838. The van der Waals surface area contributed by atoms with Crippen molar-refractivity contribution >= 4 is 10.0 Å². The predicted octanol–water partition coefficient (Wildman–Crippen LogP) is 0.221. The second kappa shape index (κ2) is 4.08. The number of hydrogen-bond donors (Lipinski definition) is 1. The highest BCUT2D eigenvalue weighted by atomic mass is 32.2. The van der Waals surface area contributed by atoms with Crippen LogP contribution >= 0.6 is 0 Å². The molecule has 0 spiro atoms. The molecule has 0 aromatic heterocycles. The topological polar surface area (TPSA) is 49.4 Å². The van der Waals surface area contributed by atoms with E-state index in [0.717, 1.165) is 4.31 Å². The van der Waals surface area contributed by atoms with Gasteiger partial charge in [-0.15, -0.1) is 0 Å². The van der Waals surface area contributed by atoms with Crippen molar-refractivity contribution < 1.29 is 17.2 Å². The van der Waals surface area contributed by atoms with Crippen molar-refractivity contribution in [1.82, 2.24) is 9.62 Å². The molecule has 0 aromatic rings. The Balaban J connectivity index is 2.93. The summed E-state index contributed by atoms with van der Waals surface area (Å²) in [4.78, 5) is 0. The van der Waals surface area contributed by atoms with Crippen LogP contribution in [0.2, 0.25) is 0 Å². The number of alkyl halides is 2. The Morgan fingerprint density at radius 3 is 2.07 bits per heavy atom. The van der Waals surface area contributed by atoms with Gasteiger partial charge in [0, 0.05) is 25.2 Å². The van der Waals surface area contributed by atoms with Gasteiger partial charge in [-0.2, -0.15) is 13.1 Å². The smallest absolute Gasteiger partial charge is 0.314 e. The molecule has 1 rings (SSSR count). The van der Waals surface area contributed by atoms with E-state index in [1.807, 2.05) is 0 Å². The van der Waals surface area contributed by atoms with E-state index >= 15 is 0 Å². The van der Waals surface area contributed by atoms with Crippen molar-refractivity contribution in [2.75, 3.05) is 13.1 Å². The molecule has 0 aromatic carbocycles. The fourth-order valence-electron chi connectivity index (χ4n) is 1.71. The Bertz CT molecular complexity index is 284. The summed E-state index contributed by atoms with van der Waals surface area (Å²) in [5.41, 5.74) is 0. The summed E-state index contributed by atoms with van der Waals surface area (Å²) in [6.07, 6.45) is 0. The van der Waals surface area contributed by atoms with Gasteiger partial charge in [0.25, 0.3) is 10.0 Å². The fraction of sp³-hybridized carbons (Fsp3) is 1.00. The number of nitrogens with one attached hydrogen (secondary N) is 1. The average Bonchev–Trinajstić information content (AvgIpc) is 2.02. The van der Waals surface area contributed by atoms with Gasteiger partial charge < -0.3 is 5.32 Å². The number of hydrogen-bond acceptors (Lipinski definition) is 3. The lowest BCUT2D eigenvalue weighted by Crippen LogP contribution is -2.58. The Morgan fingerprint density at radius 1 is 1.29 bits per heavy atom. The summed E-state index contributed by atoms with van der Waals surface area (Å²) in [5.74, 6) is -3.33. The molecule has 7 heteroatoms. The fourth-order valence-corrected chi connectivity index (χ4v) is 3.05. The molecule has 0 radical (unpaired) electrons. The number of halogens is 2. The van der Waals surface area contributed by atoms with Crippen LogP contribution in [0.25, 0.3) is 0 Å². The van der Waals surface area contributed by atoms with Crippen molar-refractivity contribution in [2.45, 2.75) is 31.7 Å². The lowest BCUT2D eigenvalue weighted by molar-refractivity contribution is 0.176. The van der Waals surface area contributed by atoms with Crippen LogP contribution in [0.4, 0.5) is 8.78 Å². The lowest BCUT2D eigenvalue weighted by atomic mass is 10.2. The largest absolute Gasteiger partial charge is 0.350 e. The second-order valence-electron chi connectivity index (χ2n) is 3.49. The predicted molar refractivity (Wildman–Crippen MR) is 48.6 cm³/mol. The maximum Gasteiger partial charge on any atom is 0.350 e. The van der Waals surface area contributed by atoms with Gasteiger partial charge in [-0.3, -0.25) is 0 Å². The first-order valence-corrected chi connectivity index (χ1v) is 5.89. The Labute approximate surface area is 82.3 Å². The molecule has 4 nitrogen and oxygen atoms in total. The summed E-state index contributed by atoms with van der Waals surface area (Å²) >= 11 is 0.